The first-order chi connectivity index (χ1) is 11.2. The zero-order chi connectivity index (χ0) is 15.8. The van der Waals surface area contributed by atoms with Crippen LogP contribution in [0.3, 0.4) is 0 Å². The van der Waals surface area contributed by atoms with E-state index < -0.39 is 0 Å². The number of carbonyl (C=O) groups is 1. The molecule has 4 nitrogen and oxygen atoms in total. The lowest BCUT2D eigenvalue weighted by atomic mass is 10.0. The highest BCUT2D eigenvalue weighted by atomic mass is 35.5. The van der Waals surface area contributed by atoms with Gasteiger partial charge in [-0.2, -0.15) is 0 Å². The lowest BCUT2D eigenvalue weighted by molar-refractivity contribution is 0.0768. The van der Waals surface area contributed by atoms with E-state index in [2.05, 4.69) is 5.32 Å². The molecule has 1 amide bonds. The van der Waals surface area contributed by atoms with E-state index in [1.165, 1.54) is 12.8 Å². The minimum Gasteiger partial charge on any atom is -0.337 e. The molecule has 1 N–H and O–H groups in total. The molecule has 1 saturated heterocycles. The van der Waals surface area contributed by atoms with Crippen LogP contribution in [-0.4, -0.2) is 42.0 Å². The van der Waals surface area contributed by atoms with Gasteiger partial charge in [-0.05, 0) is 50.1 Å². The number of pyridine rings is 1. The Labute approximate surface area is 165 Å². The summed E-state index contributed by atoms with van der Waals surface area (Å²) in [4.78, 5) is 19.8. The number of aromatic nitrogens is 1. The lowest BCUT2D eigenvalue weighted by Gasteiger charge is -2.21. The van der Waals surface area contributed by atoms with Crippen molar-refractivity contribution in [3.63, 3.8) is 0 Å². The van der Waals surface area contributed by atoms with Crippen LogP contribution in [0.5, 0.6) is 0 Å². The third-order valence-electron chi connectivity index (χ3n) is 4.64. The second kappa shape index (κ2) is 8.54. The van der Waals surface area contributed by atoms with Crippen LogP contribution >= 0.6 is 36.4 Å². The van der Waals surface area contributed by atoms with Gasteiger partial charge < -0.3 is 10.2 Å². The fourth-order valence-electron chi connectivity index (χ4n) is 3.20. The van der Waals surface area contributed by atoms with Gasteiger partial charge >= 0.3 is 0 Å². The topological polar surface area (TPSA) is 45.2 Å². The number of hydrogen-bond donors (Lipinski definition) is 1. The number of carbonyl (C=O) groups excluding carboxylic acids is 1. The van der Waals surface area contributed by atoms with Crippen molar-refractivity contribution in [2.24, 2.45) is 0 Å². The monoisotopic (exact) mass is 401 g/mol. The molecule has 2 heterocycles. The summed E-state index contributed by atoms with van der Waals surface area (Å²) in [7, 11) is 0. The maximum absolute atomic E-state index is 13.1. The van der Waals surface area contributed by atoms with Crippen molar-refractivity contribution >= 4 is 53.2 Å². The maximum atomic E-state index is 13.1. The molecular weight excluding hydrogens is 381 g/mol. The Morgan fingerprint density at radius 1 is 1.16 bits per heavy atom. The molecule has 2 fully saturated rings. The van der Waals surface area contributed by atoms with Gasteiger partial charge in [-0.1, -0.05) is 11.6 Å². The number of nitrogens with zero attached hydrogens (tertiary/aromatic N) is 2. The van der Waals surface area contributed by atoms with E-state index in [1.54, 1.807) is 0 Å². The molecule has 0 radical (unpaired) electrons. The molecule has 0 unspecified atom stereocenters. The van der Waals surface area contributed by atoms with Gasteiger partial charge in [0.05, 0.1) is 11.1 Å². The molecule has 2 aromatic rings. The summed E-state index contributed by atoms with van der Waals surface area (Å²) in [5.74, 6) is 0.623. The zero-order valence-corrected chi connectivity index (χ0v) is 16.2. The number of hydrogen-bond acceptors (Lipinski definition) is 3. The summed E-state index contributed by atoms with van der Waals surface area (Å²) >= 11 is 6.16. The molecule has 1 aliphatic heterocycles. The number of nitrogens with one attached hydrogen (secondary N) is 1. The second-order valence-corrected chi connectivity index (χ2v) is 6.86. The largest absolute Gasteiger partial charge is 0.337 e. The molecule has 7 heteroatoms. The van der Waals surface area contributed by atoms with Crippen molar-refractivity contribution < 1.29 is 4.79 Å². The van der Waals surface area contributed by atoms with Gasteiger partial charge in [-0.3, -0.25) is 9.78 Å². The first-order valence-electron chi connectivity index (χ1n) is 8.32. The van der Waals surface area contributed by atoms with Crippen molar-refractivity contribution in [3.8, 4) is 0 Å². The predicted octanol–water partition coefficient (Wildman–Crippen LogP) is 4.04. The van der Waals surface area contributed by atoms with Gasteiger partial charge in [0.2, 0.25) is 0 Å². The van der Waals surface area contributed by atoms with E-state index in [4.69, 9.17) is 16.6 Å². The Kier molecular flexibility index (Phi) is 6.92. The normalized spacial score (nSPS) is 17.4. The number of rotatable bonds is 2. The smallest absolute Gasteiger partial charge is 0.254 e. The second-order valence-electron chi connectivity index (χ2n) is 6.43. The van der Waals surface area contributed by atoms with E-state index in [1.807, 2.05) is 29.2 Å². The van der Waals surface area contributed by atoms with E-state index in [0.717, 1.165) is 54.8 Å². The van der Waals surface area contributed by atoms with E-state index >= 15 is 0 Å². The summed E-state index contributed by atoms with van der Waals surface area (Å²) in [5.41, 5.74) is 2.67. The fourth-order valence-corrected chi connectivity index (χ4v) is 3.37. The summed E-state index contributed by atoms with van der Waals surface area (Å²) in [5, 5.41) is 4.85. The van der Waals surface area contributed by atoms with Crippen LogP contribution in [0, 0.1) is 0 Å². The quantitative estimate of drug-likeness (QED) is 0.824. The molecule has 1 aromatic heterocycles. The summed E-state index contributed by atoms with van der Waals surface area (Å²) in [6.45, 7) is 3.38. The predicted molar refractivity (Wildman–Crippen MR) is 107 cm³/mol. The molecule has 1 aromatic carbocycles. The molecular formula is C18H22Cl3N3O. The zero-order valence-electron chi connectivity index (χ0n) is 13.8. The highest BCUT2D eigenvalue weighted by Gasteiger charge is 2.28. The highest BCUT2D eigenvalue weighted by molar-refractivity contribution is 6.31. The van der Waals surface area contributed by atoms with E-state index in [-0.39, 0.29) is 30.7 Å². The van der Waals surface area contributed by atoms with Crippen LogP contribution in [0.25, 0.3) is 10.9 Å². The van der Waals surface area contributed by atoms with Crippen molar-refractivity contribution in [3.05, 3.63) is 40.5 Å². The van der Waals surface area contributed by atoms with Gasteiger partial charge in [0.1, 0.15) is 0 Å². The Hall–Kier alpha value is -1.07. The standard InChI is InChI=1S/C18H20ClN3O.2ClH/c19-13-4-5-16-14(10-13)15(11-17(21-16)12-2-3-12)18(23)22-8-1-6-20-7-9-22;;/h4-5,10-12,20H,1-3,6-9H2;2*1H. The van der Waals surface area contributed by atoms with Crippen molar-refractivity contribution in [1.29, 1.82) is 0 Å². The molecule has 4 rings (SSSR count). The van der Waals surface area contributed by atoms with Crippen molar-refractivity contribution in [2.45, 2.75) is 25.2 Å². The Bertz CT molecular complexity index is 757. The highest BCUT2D eigenvalue weighted by Crippen LogP contribution is 2.40. The Morgan fingerprint density at radius 2 is 1.96 bits per heavy atom. The minimum absolute atomic E-state index is 0. The van der Waals surface area contributed by atoms with Crippen LogP contribution in [0.4, 0.5) is 0 Å². The van der Waals surface area contributed by atoms with Gasteiger partial charge in [-0.25, -0.2) is 0 Å². The van der Waals surface area contributed by atoms with Gasteiger partial charge in [0.25, 0.3) is 5.91 Å². The van der Waals surface area contributed by atoms with Crippen LogP contribution in [0.15, 0.2) is 24.3 Å². The number of benzene rings is 1. The molecule has 0 bridgehead atoms. The van der Waals surface area contributed by atoms with E-state index in [9.17, 15) is 4.79 Å². The van der Waals surface area contributed by atoms with Crippen molar-refractivity contribution in [2.75, 3.05) is 26.2 Å². The lowest BCUT2D eigenvalue weighted by Crippen LogP contribution is -2.34. The summed E-state index contributed by atoms with van der Waals surface area (Å²) in [6.07, 6.45) is 3.34. The SMILES string of the molecule is Cl.Cl.O=C(c1cc(C2CC2)nc2ccc(Cl)cc12)N1CCCNCC1. The first kappa shape index (κ1) is 20.2. The molecule has 136 valence electrons. The van der Waals surface area contributed by atoms with Crippen LogP contribution < -0.4 is 5.32 Å². The third kappa shape index (κ3) is 4.37. The minimum atomic E-state index is 0. The number of fused-ring (bicyclic) bond motifs is 1. The number of amides is 1. The van der Waals surface area contributed by atoms with Gasteiger partial charge in [-0.15, -0.1) is 24.8 Å². The van der Waals surface area contributed by atoms with Crippen LogP contribution in [0.1, 0.15) is 41.2 Å². The molecule has 1 saturated carbocycles. The molecule has 0 spiro atoms. The average Bonchev–Trinajstić information content (AvgIpc) is 3.39. The molecule has 2 aliphatic rings. The Balaban J connectivity index is 0.00000113. The van der Waals surface area contributed by atoms with E-state index in [0.29, 0.717) is 10.9 Å². The van der Waals surface area contributed by atoms with Crippen LogP contribution in [-0.2, 0) is 0 Å². The summed E-state index contributed by atoms with van der Waals surface area (Å²) < 4.78 is 0. The van der Waals surface area contributed by atoms with Gasteiger partial charge in [0.15, 0.2) is 0 Å². The maximum Gasteiger partial charge on any atom is 0.254 e. The summed E-state index contributed by atoms with van der Waals surface area (Å²) in [6, 6.07) is 7.63. The van der Waals surface area contributed by atoms with Crippen molar-refractivity contribution in [1.82, 2.24) is 15.2 Å². The fraction of sp³-hybridized carbons (Fsp3) is 0.444. The molecule has 0 atom stereocenters. The number of halogens is 3. The Morgan fingerprint density at radius 3 is 2.72 bits per heavy atom. The molecule has 1 aliphatic carbocycles. The molecule has 25 heavy (non-hydrogen) atoms. The van der Waals surface area contributed by atoms with Crippen LogP contribution in [0.2, 0.25) is 5.02 Å². The first-order valence-corrected chi connectivity index (χ1v) is 8.70. The third-order valence-corrected chi connectivity index (χ3v) is 4.88. The average molecular weight is 403 g/mol. The van der Waals surface area contributed by atoms with Gasteiger partial charge in [0, 0.05) is 41.7 Å².